The summed E-state index contributed by atoms with van der Waals surface area (Å²) in [5.74, 6) is 0.0718. The summed E-state index contributed by atoms with van der Waals surface area (Å²) in [5.41, 5.74) is 1.42. The van der Waals surface area contributed by atoms with E-state index in [1.54, 1.807) is 12.1 Å². The van der Waals surface area contributed by atoms with Crippen molar-refractivity contribution in [3.05, 3.63) is 66.2 Å². The molecule has 0 saturated carbocycles. The third kappa shape index (κ3) is 5.45. The van der Waals surface area contributed by atoms with Crippen LogP contribution in [-0.4, -0.2) is 21.7 Å². The summed E-state index contributed by atoms with van der Waals surface area (Å²) >= 11 is 1.98. The van der Waals surface area contributed by atoms with Gasteiger partial charge in [-0.1, -0.05) is 30.3 Å². The molecule has 0 aliphatic rings. The van der Waals surface area contributed by atoms with Crippen molar-refractivity contribution in [2.75, 3.05) is 0 Å². The van der Waals surface area contributed by atoms with E-state index in [1.165, 1.54) is 22.2 Å². The second-order valence-corrected chi connectivity index (χ2v) is 3.55. The van der Waals surface area contributed by atoms with Gasteiger partial charge in [0.25, 0.3) is 0 Å². The topological polar surface area (TPSA) is 23.1 Å². The van der Waals surface area contributed by atoms with E-state index < -0.39 is 0 Å². The van der Waals surface area contributed by atoms with Crippen LogP contribution in [0, 0.1) is 0 Å². The summed E-state index contributed by atoms with van der Waals surface area (Å²) in [4.78, 5) is 0. The summed E-state index contributed by atoms with van der Waals surface area (Å²) in [6, 6.07) is 18.8. The van der Waals surface area contributed by atoms with Crippen molar-refractivity contribution >= 4 is 21.7 Å². The third-order valence-corrected chi connectivity index (χ3v) is 2.45. The van der Waals surface area contributed by atoms with Crippen molar-refractivity contribution in [1.82, 2.24) is 0 Å². The van der Waals surface area contributed by atoms with Gasteiger partial charge >= 0.3 is 62.2 Å². The molecule has 0 saturated heterocycles. The Kier molecular flexibility index (Phi) is 5.89. The fraction of sp³-hybridized carbons (Fsp3) is 0.0769. The maximum atomic E-state index is 10.3. The van der Waals surface area contributed by atoms with Gasteiger partial charge in [0.2, 0.25) is 0 Å². The number of benzene rings is 2. The third-order valence-electron chi connectivity index (χ3n) is 1.87. The average Bonchev–Trinajstić information content (AvgIpc) is 2.32. The van der Waals surface area contributed by atoms with E-state index in [0.29, 0.717) is 0 Å². The van der Waals surface area contributed by atoms with Gasteiger partial charge in [-0.2, -0.15) is 0 Å². The Labute approximate surface area is 103 Å². The molecule has 0 unspecified atom stereocenters. The van der Waals surface area contributed by atoms with E-state index in [-0.39, 0.29) is 5.75 Å². The van der Waals surface area contributed by atoms with Crippen LogP contribution in [-0.2, 0) is 4.55 Å². The SMILES string of the molecule is [Mg+][CH2]c1ccccc1.[O-]c1ccccc1. The summed E-state index contributed by atoms with van der Waals surface area (Å²) in [6.45, 7) is 0. The molecule has 1 nitrogen and oxygen atoms in total. The van der Waals surface area contributed by atoms with Gasteiger partial charge in [0.05, 0.1) is 0 Å². The Morgan fingerprint density at radius 1 is 0.800 bits per heavy atom. The van der Waals surface area contributed by atoms with Crippen LogP contribution >= 0.6 is 0 Å². The molecule has 2 heteroatoms. The second kappa shape index (κ2) is 7.32. The zero-order valence-corrected chi connectivity index (χ0v) is 10.0. The molecule has 0 fully saturated rings. The Bertz CT molecular complexity index is 359. The molecule has 72 valence electrons. The first-order chi connectivity index (χ1) is 7.33. The predicted octanol–water partition coefficient (Wildman–Crippen LogP) is 2.12. The fourth-order valence-electron chi connectivity index (χ4n) is 1.07. The number of hydrogen-bond donors (Lipinski definition) is 0. The monoisotopic (exact) mass is 208 g/mol. The Morgan fingerprint density at radius 3 is 1.53 bits per heavy atom. The van der Waals surface area contributed by atoms with Gasteiger partial charge < -0.3 is 5.11 Å². The number of para-hydroxylation sites is 1. The molecule has 0 spiro atoms. The molecule has 0 atom stereocenters. The molecule has 2 aromatic carbocycles. The van der Waals surface area contributed by atoms with E-state index in [2.05, 4.69) is 24.3 Å². The van der Waals surface area contributed by atoms with Crippen molar-refractivity contribution in [2.45, 2.75) is 4.55 Å². The van der Waals surface area contributed by atoms with Crippen LogP contribution in [0.3, 0.4) is 0 Å². The smallest absolute Gasteiger partial charge is 0.0623 e. The van der Waals surface area contributed by atoms with E-state index in [0.717, 1.165) is 0 Å². The van der Waals surface area contributed by atoms with E-state index in [4.69, 9.17) is 0 Å². The van der Waals surface area contributed by atoms with Gasteiger partial charge in [-0.05, 0) is 0 Å². The summed E-state index contributed by atoms with van der Waals surface area (Å²) in [5, 5.41) is 10.3. The zero-order valence-electron chi connectivity index (χ0n) is 8.60. The van der Waals surface area contributed by atoms with Crippen molar-refractivity contribution in [1.29, 1.82) is 0 Å². The molecule has 0 bridgehead atoms. The summed E-state index contributed by atoms with van der Waals surface area (Å²) < 4.78 is 1.17. The molecule has 0 aromatic heterocycles. The van der Waals surface area contributed by atoms with Gasteiger partial charge in [0.1, 0.15) is 0 Å². The van der Waals surface area contributed by atoms with Crippen LogP contribution in [0.15, 0.2) is 60.7 Å². The molecule has 0 N–H and O–H groups in total. The molecular weight excluding hydrogens is 196 g/mol. The minimum Gasteiger partial charge on any atom is -0.872 e. The molecule has 0 aliphatic heterocycles. The maximum Gasteiger partial charge on any atom is -0.0623 e. The first-order valence-corrected chi connectivity index (χ1v) is 5.88. The van der Waals surface area contributed by atoms with Crippen molar-refractivity contribution in [3.8, 4) is 5.75 Å². The standard InChI is InChI=1S/C7H7.C6H6O.Mg/c1-7-5-3-2-4-6-7;7-6-4-2-1-3-5-6;/h2-6H,1H2;1-5,7H;/q;;+1/p-1. The molecular formula is C13H12MgO. The van der Waals surface area contributed by atoms with Gasteiger partial charge in [-0.25, -0.2) is 0 Å². The predicted molar refractivity (Wildman–Crippen MR) is 61.8 cm³/mol. The fourth-order valence-corrected chi connectivity index (χ4v) is 1.40. The summed E-state index contributed by atoms with van der Waals surface area (Å²) in [7, 11) is 0. The van der Waals surface area contributed by atoms with Crippen LogP contribution in [0.1, 0.15) is 5.56 Å². The Morgan fingerprint density at radius 2 is 1.27 bits per heavy atom. The second-order valence-electron chi connectivity index (χ2n) is 3.05. The molecule has 0 heterocycles. The minimum absolute atomic E-state index is 0.0718. The molecule has 0 amide bonds. The van der Waals surface area contributed by atoms with E-state index >= 15 is 0 Å². The van der Waals surface area contributed by atoms with E-state index in [1.807, 2.05) is 33.8 Å². The maximum absolute atomic E-state index is 10.3. The number of rotatable bonds is 1. The molecule has 2 aromatic rings. The molecule has 0 radical (unpaired) electrons. The zero-order chi connectivity index (χ0) is 10.9. The van der Waals surface area contributed by atoms with Crippen LogP contribution < -0.4 is 5.11 Å². The normalized spacial score (nSPS) is 8.93. The molecule has 2 rings (SSSR count). The van der Waals surface area contributed by atoms with E-state index in [9.17, 15) is 5.11 Å². The first-order valence-electron chi connectivity index (χ1n) is 4.88. The van der Waals surface area contributed by atoms with Crippen molar-refractivity contribution in [3.63, 3.8) is 0 Å². The van der Waals surface area contributed by atoms with Crippen LogP contribution in [0.5, 0.6) is 5.75 Å². The molecule has 15 heavy (non-hydrogen) atoms. The van der Waals surface area contributed by atoms with Gasteiger partial charge in [-0.3, -0.25) is 0 Å². The molecule has 0 aliphatic carbocycles. The number of hydrogen-bond acceptors (Lipinski definition) is 1. The van der Waals surface area contributed by atoms with Gasteiger partial charge in [-0.15, -0.1) is 5.75 Å². The summed E-state index contributed by atoms with van der Waals surface area (Å²) in [6.07, 6.45) is 0. The first kappa shape index (κ1) is 12.1. The van der Waals surface area contributed by atoms with Crippen LogP contribution in [0.2, 0.25) is 0 Å². The Hall–Kier alpha value is -0.994. The average molecular weight is 209 g/mol. The quantitative estimate of drug-likeness (QED) is 0.659. The van der Waals surface area contributed by atoms with Crippen molar-refractivity contribution in [2.24, 2.45) is 0 Å². The minimum atomic E-state index is 0.0718. The van der Waals surface area contributed by atoms with Crippen LogP contribution in [0.25, 0.3) is 0 Å². The van der Waals surface area contributed by atoms with Gasteiger partial charge in [0, 0.05) is 0 Å². The largest absolute Gasteiger partial charge is 0.872 e. The van der Waals surface area contributed by atoms with Gasteiger partial charge in [0.15, 0.2) is 0 Å². The van der Waals surface area contributed by atoms with Crippen LogP contribution in [0.4, 0.5) is 0 Å². The Balaban J connectivity index is 0.000000151. The van der Waals surface area contributed by atoms with Crippen molar-refractivity contribution < 1.29 is 5.11 Å².